The SMILES string of the molecule is CNc1ncccc1C(=O)Nc1ccccc1N(C)C. The number of anilines is 3. The molecule has 0 fully saturated rings. The second-order valence-corrected chi connectivity index (χ2v) is 4.52. The fourth-order valence-corrected chi connectivity index (χ4v) is 1.95. The molecule has 0 unspecified atom stereocenters. The fourth-order valence-electron chi connectivity index (χ4n) is 1.95. The Morgan fingerprint density at radius 1 is 1.15 bits per heavy atom. The second kappa shape index (κ2) is 6.06. The highest BCUT2D eigenvalue weighted by atomic mass is 16.1. The van der Waals surface area contributed by atoms with Gasteiger partial charge in [0.25, 0.3) is 5.91 Å². The van der Waals surface area contributed by atoms with Gasteiger partial charge in [0.05, 0.1) is 16.9 Å². The lowest BCUT2D eigenvalue weighted by Crippen LogP contribution is -2.18. The van der Waals surface area contributed by atoms with Crippen LogP contribution in [-0.2, 0) is 0 Å². The maximum absolute atomic E-state index is 12.4. The molecule has 0 saturated carbocycles. The van der Waals surface area contributed by atoms with Crippen molar-refractivity contribution in [2.24, 2.45) is 0 Å². The van der Waals surface area contributed by atoms with Gasteiger partial charge in [0.1, 0.15) is 5.82 Å². The van der Waals surface area contributed by atoms with E-state index in [4.69, 9.17) is 0 Å². The third-order valence-electron chi connectivity index (χ3n) is 2.92. The Kier molecular flexibility index (Phi) is 4.20. The average Bonchev–Trinajstić information content (AvgIpc) is 2.47. The molecule has 0 spiro atoms. The summed E-state index contributed by atoms with van der Waals surface area (Å²) < 4.78 is 0. The Bertz CT molecular complexity index is 610. The minimum absolute atomic E-state index is 0.184. The molecule has 0 radical (unpaired) electrons. The molecule has 0 aliphatic carbocycles. The smallest absolute Gasteiger partial charge is 0.259 e. The van der Waals surface area contributed by atoms with Crippen LogP contribution in [0.5, 0.6) is 0 Å². The molecule has 0 atom stereocenters. The maximum atomic E-state index is 12.4. The van der Waals surface area contributed by atoms with Crippen LogP contribution in [0.15, 0.2) is 42.6 Å². The highest BCUT2D eigenvalue weighted by molar-refractivity contribution is 6.08. The van der Waals surface area contributed by atoms with E-state index in [9.17, 15) is 4.79 Å². The molecule has 1 aromatic carbocycles. The van der Waals surface area contributed by atoms with Gasteiger partial charge in [-0.25, -0.2) is 4.98 Å². The van der Waals surface area contributed by atoms with Crippen LogP contribution in [0.2, 0.25) is 0 Å². The molecular formula is C15H18N4O. The van der Waals surface area contributed by atoms with E-state index in [1.807, 2.05) is 43.3 Å². The first-order chi connectivity index (χ1) is 9.63. The van der Waals surface area contributed by atoms with E-state index in [0.717, 1.165) is 11.4 Å². The predicted octanol–water partition coefficient (Wildman–Crippen LogP) is 2.44. The summed E-state index contributed by atoms with van der Waals surface area (Å²) in [5, 5.41) is 5.84. The third-order valence-corrected chi connectivity index (χ3v) is 2.92. The van der Waals surface area contributed by atoms with Gasteiger partial charge < -0.3 is 15.5 Å². The molecule has 0 saturated heterocycles. The van der Waals surface area contributed by atoms with E-state index < -0.39 is 0 Å². The summed E-state index contributed by atoms with van der Waals surface area (Å²) in [7, 11) is 5.62. The van der Waals surface area contributed by atoms with Crippen molar-refractivity contribution in [3.8, 4) is 0 Å². The van der Waals surface area contributed by atoms with Crippen LogP contribution in [0.1, 0.15) is 10.4 Å². The van der Waals surface area contributed by atoms with E-state index in [2.05, 4.69) is 15.6 Å². The van der Waals surface area contributed by atoms with Crippen molar-refractivity contribution in [3.63, 3.8) is 0 Å². The molecule has 1 aromatic heterocycles. The Labute approximate surface area is 118 Å². The molecule has 1 amide bonds. The van der Waals surface area contributed by atoms with Crippen LogP contribution < -0.4 is 15.5 Å². The Morgan fingerprint density at radius 2 is 1.90 bits per heavy atom. The molecule has 1 heterocycles. The molecule has 5 nitrogen and oxygen atoms in total. The van der Waals surface area contributed by atoms with Gasteiger partial charge in [-0.2, -0.15) is 0 Å². The zero-order chi connectivity index (χ0) is 14.5. The van der Waals surface area contributed by atoms with Crippen molar-refractivity contribution >= 4 is 23.1 Å². The number of nitrogens with one attached hydrogen (secondary N) is 2. The van der Waals surface area contributed by atoms with Crippen LogP contribution in [0, 0.1) is 0 Å². The average molecular weight is 270 g/mol. The van der Waals surface area contributed by atoms with Crippen LogP contribution >= 0.6 is 0 Å². The lowest BCUT2D eigenvalue weighted by atomic mass is 10.2. The van der Waals surface area contributed by atoms with Gasteiger partial charge in [-0.3, -0.25) is 4.79 Å². The number of carbonyl (C=O) groups is 1. The van der Waals surface area contributed by atoms with Gasteiger partial charge in [0.2, 0.25) is 0 Å². The molecule has 2 rings (SSSR count). The molecule has 20 heavy (non-hydrogen) atoms. The number of pyridine rings is 1. The highest BCUT2D eigenvalue weighted by Gasteiger charge is 2.13. The van der Waals surface area contributed by atoms with Gasteiger partial charge in [0.15, 0.2) is 0 Å². The Balaban J connectivity index is 2.28. The molecule has 2 N–H and O–H groups in total. The van der Waals surface area contributed by atoms with Crippen molar-refractivity contribution in [2.45, 2.75) is 0 Å². The quantitative estimate of drug-likeness (QED) is 0.896. The number of amides is 1. The van der Waals surface area contributed by atoms with Crippen LogP contribution in [0.25, 0.3) is 0 Å². The number of hydrogen-bond donors (Lipinski definition) is 2. The fraction of sp³-hybridized carbons (Fsp3) is 0.200. The number of rotatable bonds is 4. The molecule has 0 bridgehead atoms. The van der Waals surface area contributed by atoms with E-state index in [1.165, 1.54) is 0 Å². The van der Waals surface area contributed by atoms with Crippen molar-refractivity contribution in [2.75, 3.05) is 36.7 Å². The van der Waals surface area contributed by atoms with Crippen molar-refractivity contribution in [1.29, 1.82) is 0 Å². The minimum Gasteiger partial charge on any atom is -0.376 e. The molecule has 0 aliphatic rings. The molecule has 0 aliphatic heterocycles. The van der Waals surface area contributed by atoms with Gasteiger partial charge in [-0.15, -0.1) is 0 Å². The monoisotopic (exact) mass is 270 g/mol. The number of benzene rings is 1. The van der Waals surface area contributed by atoms with Gasteiger partial charge in [-0.05, 0) is 24.3 Å². The third kappa shape index (κ3) is 2.88. The van der Waals surface area contributed by atoms with Crippen molar-refractivity contribution < 1.29 is 4.79 Å². The summed E-state index contributed by atoms with van der Waals surface area (Å²) in [6, 6.07) is 11.2. The first-order valence-corrected chi connectivity index (χ1v) is 6.34. The standard InChI is InChI=1S/C15H18N4O/c1-16-14-11(7-6-10-17-14)15(20)18-12-8-4-5-9-13(12)19(2)3/h4-10H,1-3H3,(H,16,17)(H,18,20). The maximum Gasteiger partial charge on any atom is 0.259 e. The van der Waals surface area contributed by atoms with E-state index in [0.29, 0.717) is 11.4 Å². The second-order valence-electron chi connectivity index (χ2n) is 4.52. The van der Waals surface area contributed by atoms with Crippen LogP contribution in [-0.4, -0.2) is 32.0 Å². The number of carbonyl (C=O) groups excluding carboxylic acids is 1. The summed E-state index contributed by atoms with van der Waals surface area (Å²) in [4.78, 5) is 18.5. The molecule has 2 aromatic rings. The summed E-state index contributed by atoms with van der Waals surface area (Å²) in [5.74, 6) is 0.379. The lowest BCUT2D eigenvalue weighted by Gasteiger charge is -2.18. The molecule has 104 valence electrons. The molecular weight excluding hydrogens is 252 g/mol. The van der Waals surface area contributed by atoms with Crippen LogP contribution in [0.3, 0.4) is 0 Å². The largest absolute Gasteiger partial charge is 0.376 e. The van der Waals surface area contributed by atoms with Crippen molar-refractivity contribution in [1.82, 2.24) is 4.98 Å². The Morgan fingerprint density at radius 3 is 2.60 bits per heavy atom. The lowest BCUT2D eigenvalue weighted by molar-refractivity contribution is 0.102. The summed E-state index contributed by atoms with van der Waals surface area (Å²) in [6.07, 6.45) is 1.65. The highest BCUT2D eigenvalue weighted by Crippen LogP contribution is 2.24. The van der Waals surface area contributed by atoms with E-state index in [1.54, 1.807) is 25.4 Å². The predicted molar refractivity (Wildman–Crippen MR) is 82.5 cm³/mol. The summed E-state index contributed by atoms with van der Waals surface area (Å²) in [6.45, 7) is 0. The van der Waals surface area contributed by atoms with Gasteiger partial charge in [-0.1, -0.05) is 12.1 Å². The summed E-state index contributed by atoms with van der Waals surface area (Å²) >= 11 is 0. The van der Waals surface area contributed by atoms with Gasteiger partial charge in [0, 0.05) is 27.3 Å². The normalized spacial score (nSPS) is 9.95. The number of hydrogen-bond acceptors (Lipinski definition) is 4. The number of nitrogens with zero attached hydrogens (tertiary/aromatic N) is 2. The van der Waals surface area contributed by atoms with Crippen LogP contribution in [0.4, 0.5) is 17.2 Å². The zero-order valence-corrected chi connectivity index (χ0v) is 11.8. The van der Waals surface area contributed by atoms with E-state index in [-0.39, 0.29) is 5.91 Å². The topological polar surface area (TPSA) is 57.3 Å². The van der Waals surface area contributed by atoms with Crippen molar-refractivity contribution in [3.05, 3.63) is 48.2 Å². The number of para-hydroxylation sites is 2. The van der Waals surface area contributed by atoms with E-state index >= 15 is 0 Å². The minimum atomic E-state index is -0.184. The Hall–Kier alpha value is -2.56. The zero-order valence-electron chi connectivity index (χ0n) is 11.8. The first kappa shape index (κ1) is 13.9. The van der Waals surface area contributed by atoms with Gasteiger partial charge >= 0.3 is 0 Å². The molecule has 5 heteroatoms. The first-order valence-electron chi connectivity index (χ1n) is 6.34. The number of aromatic nitrogens is 1. The summed E-state index contributed by atoms with van der Waals surface area (Å²) in [5.41, 5.74) is 2.24.